The molecule has 1 aromatic heterocycles. The predicted octanol–water partition coefficient (Wildman–Crippen LogP) is 9.58. The summed E-state index contributed by atoms with van der Waals surface area (Å²) in [6.45, 7) is 0.204. The lowest BCUT2D eigenvalue weighted by Gasteiger charge is -2.18. The van der Waals surface area contributed by atoms with E-state index < -0.39 is 0 Å². The first-order valence-electron chi connectivity index (χ1n) is 15.5. The van der Waals surface area contributed by atoms with Crippen LogP contribution in [-0.4, -0.2) is 11.8 Å². The quantitative estimate of drug-likeness (QED) is 0.190. The van der Waals surface area contributed by atoms with Gasteiger partial charge in [0, 0.05) is 38.9 Å². The van der Waals surface area contributed by atoms with Crippen LogP contribution in [0.15, 0.2) is 115 Å². The summed E-state index contributed by atoms with van der Waals surface area (Å²) in [5.41, 5.74) is 16.6. The summed E-state index contributed by atoms with van der Waals surface area (Å²) in [5, 5.41) is 0. The molecule has 47 heavy (non-hydrogen) atoms. The van der Waals surface area contributed by atoms with Crippen LogP contribution in [-0.2, 0) is 0 Å². The van der Waals surface area contributed by atoms with E-state index in [1.807, 2.05) is 42.5 Å². The van der Waals surface area contributed by atoms with Crippen molar-refractivity contribution in [3.05, 3.63) is 160 Å². The summed E-state index contributed by atoms with van der Waals surface area (Å²) in [6, 6.07) is 39.4. The topological polar surface area (TPSA) is 31.4 Å². The molecule has 0 fully saturated rings. The smallest absolute Gasteiger partial charge is 0.231 e. The van der Waals surface area contributed by atoms with Crippen molar-refractivity contribution in [2.24, 2.45) is 0 Å². The van der Waals surface area contributed by atoms with E-state index in [1.54, 1.807) is 0 Å². The molecule has 3 heteroatoms. The third kappa shape index (κ3) is 4.22. The number of rotatable bonds is 3. The minimum Gasteiger partial charge on any atom is -0.454 e. The average molecular weight is 600 g/mol. The van der Waals surface area contributed by atoms with Crippen molar-refractivity contribution in [3.8, 4) is 69.8 Å². The van der Waals surface area contributed by atoms with E-state index in [0.717, 1.165) is 101 Å². The van der Waals surface area contributed by atoms with Crippen LogP contribution in [0.1, 0.15) is 44.5 Å². The van der Waals surface area contributed by atoms with Crippen molar-refractivity contribution in [1.82, 2.24) is 4.98 Å². The van der Waals surface area contributed by atoms with Gasteiger partial charge in [-0.1, -0.05) is 90.7 Å². The van der Waals surface area contributed by atoms with Crippen LogP contribution in [0.3, 0.4) is 0 Å². The van der Waals surface area contributed by atoms with Gasteiger partial charge in [-0.15, -0.1) is 12.8 Å². The van der Waals surface area contributed by atoms with Gasteiger partial charge in [0.05, 0.1) is 11.4 Å². The fourth-order valence-corrected chi connectivity index (χ4v) is 7.03. The molecular weight excluding hydrogens is 574 g/mol. The van der Waals surface area contributed by atoms with Crippen LogP contribution in [0.4, 0.5) is 0 Å². The van der Waals surface area contributed by atoms with Crippen LogP contribution in [0, 0.1) is 24.7 Å². The Morgan fingerprint density at radius 2 is 1.06 bits per heavy atom. The normalized spacial score (nSPS) is 14.7. The van der Waals surface area contributed by atoms with Gasteiger partial charge in [0.2, 0.25) is 6.79 Å². The number of hydrogen-bond donors (Lipinski definition) is 0. The Morgan fingerprint density at radius 1 is 0.532 bits per heavy atom. The number of hydrogen-bond acceptors (Lipinski definition) is 3. The second-order valence-electron chi connectivity index (χ2n) is 11.7. The number of terminal acetylenes is 2. The lowest BCUT2D eigenvalue weighted by molar-refractivity contribution is 0.174. The summed E-state index contributed by atoms with van der Waals surface area (Å²) in [4.78, 5) is 5.52. The molecule has 0 bridgehead atoms. The first-order valence-corrected chi connectivity index (χ1v) is 15.5. The van der Waals surface area contributed by atoms with Crippen molar-refractivity contribution < 1.29 is 9.47 Å². The van der Waals surface area contributed by atoms with Crippen molar-refractivity contribution in [3.63, 3.8) is 0 Å². The van der Waals surface area contributed by atoms with E-state index in [2.05, 4.69) is 96.8 Å². The van der Waals surface area contributed by atoms with Gasteiger partial charge in [-0.05, 0) is 87.5 Å². The average Bonchev–Trinajstić information content (AvgIpc) is 3.81. The molecule has 1 aliphatic heterocycles. The fraction of sp³-hybridized carbons (Fsp3) is 0.0227. The van der Waals surface area contributed by atoms with E-state index in [-0.39, 0.29) is 6.79 Å². The van der Waals surface area contributed by atoms with Crippen LogP contribution in [0.2, 0.25) is 0 Å². The minimum atomic E-state index is 0.204. The van der Waals surface area contributed by atoms with Gasteiger partial charge in [-0.2, -0.15) is 0 Å². The molecule has 9 rings (SSSR count). The lowest BCUT2D eigenvalue weighted by atomic mass is 9.87. The van der Waals surface area contributed by atoms with Crippen LogP contribution in [0.25, 0.3) is 56.9 Å². The van der Waals surface area contributed by atoms with Gasteiger partial charge in [-0.25, -0.2) is 4.98 Å². The molecule has 2 aliphatic carbocycles. The summed E-state index contributed by atoms with van der Waals surface area (Å²) in [5.74, 6) is 7.04. The standard InChI is InChI=1S/C44H25NO2/c1-3-27-11-9-13-29(21-27)23-36-32-15-5-7-17-34(32)43-41(36)40(31-19-20-38-39(25-31)47-26-46-38)42-37(24-30-14-10-12-28(4-2)22-30)33-16-6-8-18-35(33)44(42)45-43/h1-2,5-25H,26H2/b36-23+,37-24+. The molecule has 0 unspecified atom stereocenters. The van der Waals surface area contributed by atoms with Crippen molar-refractivity contribution in [2.75, 3.05) is 6.79 Å². The Morgan fingerprint density at radius 3 is 1.62 bits per heavy atom. The van der Waals surface area contributed by atoms with Crippen LogP contribution in [0.5, 0.6) is 11.5 Å². The summed E-state index contributed by atoms with van der Waals surface area (Å²) >= 11 is 0. The molecule has 0 saturated carbocycles. The molecule has 0 N–H and O–H groups in total. The maximum absolute atomic E-state index is 5.91. The first-order chi connectivity index (χ1) is 23.2. The summed E-state index contributed by atoms with van der Waals surface area (Å²) in [6.07, 6.45) is 16.1. The Bertz CT molecular complexity index is 2320. The van der Waals surface area contributed by atoms with Crippen molar-refractivity contribution >= 4 is 23.3 Å². The number of benzene rings is 5. The van der Waals surface area contributed by atoms with E-state index in [4.69, 9.17) is 27.3 Å². The highest BCUT2D eigenvalue weighted by Crippen LogP contribution is 2.56. The van der Waals surface area contributed by atoms with Gasteiger partial charge >= 0.3 is 0 Å². The summed E-state index contributed by atoms with van der Waals surface area (Å²) < 4.78 is 11.6. The molecule has 0 atom stereocenters. The highest BCUT2D eigenvalue weighted by molar-refractivity contribution is 6.17. The molecule has 5 aromatic carbocycles. The zero-order chi connectivity index (χ0) is 31.5. The maximum Gasteiger partial charge on any atom is 0.231 e. The number of nitrogens with zero attached hydrogens (tertiary/aromatic N) is 1. The molecule has 218 valence electrons. The third-order valence-corrected chi connectivity index (χ3v) is 9.07. The van der Waals surface area contributed by atoms with Crippen molar-refractivity contribution in [2.45, 2.75) is 0 Å². The molecule has 6 aromatic rings. The zero-order valence-electron chi connectivity index (χ0n) is 25.2. The largest absolute Gasteiger partial charge is 0.454 e. The van der Waals surface area contributed by atoms with Gasteiger partial charge < -0.3 is 9.47 Å². The Hall–Kier alpha value is -6.55. The Balaban J connectivity index is 1.41. The number of ether oxygens (including phenoxy) is 2. The third-order valence-electron chi connectivity index (χ3n) is 9.07. The van der Waals surface area contributed by atoms with E-state index >= 15 is 0 Å². The SMILES string of the molecule is C#Cc1cccc(/C=C2\c3ccccc3-c3nc4c(c(-c5ccc6c(c5)OCO6)c32)/C(=C/c2cccc(C#C)c2)c2ccccc2-4)c1. The Kier molecular flexibility index (Phi) is 6.00. The number of aromatic nitrogens is 1. The minimum absolute atomic E-state index is 0.204. The van der Waals surface area contributed by atoms with Crippen LogP contribution >= 0.6 is 0 Å². The van der Waals surface area contributed by atoms with Gasteiger partial charge in [0.15, 0.2) is 11.5 Å². The van der Waals surface area contributed by atoms with Gasteiger partial charge in [0.25, 0.3) is 0 Å². The lowest BCUT2D eigenvalue weighted by Crippen LogP contribution is -1.99. The predicted molar refractivity (Wildman–Crippen MR) is 189 cm³/mol. The molecule has 0 amide bonds. The molecular formula is C44H25NO2. The molecule has 3 nitrogen and oxygen atoms in total. The maximum atomic E-state index is 5.91. The monoisotopic (exact) mass is 599 g/mol. The highest BCUT2D eigenvalue weighted by atomic mass is 16.7. The van der Waals surface area contributed by atoms with Crippen molar-refractivity contribution in [1.29, 1.82) is 0 Å². The molecule has 2 heterocycles. The van der Waals surface area contributed by atoms with E-state index in [0.29, 0.717) is 0 Å². The molecule has 0 saturated heterocycles. The van der Waals surface area contributed by atoms with Gasteiger partial charge in [-0.3, -0.25) is 0 Å². The second kappa shape index (κ2) is 10.5. The van der Waals surface area contributed by atoms with E-state index in [9.17, 15) is 0 Å². The molecule has 3 aliphatic rings. The van der Waals surface area contributed by atoms with E-state index in [1.165, 1.54) is 0 Å². The second-order valence-corrected chi connectivity index (χ2v) is 11.7. The number of pyridine rings is 1. The number of fused-ring (bicyclic) bond motifs is 7. The van der Waals surface area contributed by atoms with Crippen LogP contribution < -0.4 is 9.47 Å². The highest BCUT2D eigenvalue weighted by Gasteiger charge is 2.36. The molecule has 0 spiro atoms. The van der Waals surface area contributed by atoms with Gasteiger partial charge in [0.1, 0.15) is 0 Å². The fourth-order valence-electron chi connectivity index (χ4n) is 7.03. The summed E-state index contributed by atoms with van der Waals surface area (Å²) in [7, 11) is 0. The zero-order valence-corrected chi connectivity index (χ0v) is 25.2. The Labute approximate surface area is 273 Å². The first kappa shape index (κ1) is 26.8. The molecule has 0 radical (unpaired) electrons.